The molecule has 208 valence electrons. The Morgan fingerprint density at radius 3 is 2.51 bits per heavy atom. The molecule has 0 aliphatic heterocycles. The predicted molar refractivity (Wildman–Crippen MR) is 133 cm³/mol. The number of amides is 2. The summed E-state index contributed by atoms with van der Waals surface area (Å²) < 4.78 is 41.7. The first kappa shape index (κ1) is 29.4. The summed E-state index contributed by atoms with van der Waals surface area (Å²) in [5, 5.41) is 21.5. The van der Waals surface area contributed by atoms with E-state index >= 15 is 0 Å². The molecule has 0 radical (unpaired) electrons. The van der Waals surface area contributed by atoms with E-state index in [4.69, 9.17) is 10.8 Å². The monoisotopic (exact) mass is 568 g/mol. The Labute approximate surface area is 222 Å². The quantitative estimate of drug-likeness (QED) is 0.246. The van der Waals surface area contributed by atoms with Crippen LogP contribution < -0.4 is 26.7 Å². The summed E-state index contributed by atoms with van der Waals surface area (Å²) in [5.41, 5.74) is 5.94. The van der Waals surface area contributed by atoms with Crippen molar-refractivity contribution < 1.29 is 37.4 Å². The van der Waals surface area contributed by atoms with Crippen molar-refractivity contribution in [3.8, 4) is 5.75 Å². The minimum atomic E-state index is -4.82. The lowest BCUT2D eigenvalue weighted by atomic mass is 10.1. The number of aromatic nitrogens is 3. The first-order valence-corrected chi connectivity index (χ1v) is 12.2. The van der Waals surface area contributed by atoms with Gasteiger partial charge in [0, 0.05) is 10.6 Å². The van der Waals surface area contributed by atoms with E-state index < -0.39 is 60.6 Å². The third-order valence-corrected chi connectivity index (χ3v) is 6.34. The number of halogens is 3. The zero-order valence-electron chi connectivity index (χ0n) is 20.3. The number of fused-ring (bicyclic) bond motifs is 1. The number of ether oxygens (including phenoxy) is 1. The number of hydrogen-bond acceptors (Lipinski definition) is 9. The molecule has 3 aromatic rings. The van der Waals surface area contributed by atoms with Gasteiger partial charge in [0.15, 0.2) is 0 Å². The highest BCUT2D eigenvalue weighted by Crippen LogP contribution is 2.25. The fourth-order valence-electron chi connectivity index (χ4n) is 3.31. The van der Waals surface area contributed by atoms with Gasteiger partial charge in [-0.3, -0.25) is 19.2 Å². The van der Waals surface area contributed by atoms with Gasteiger partial charge in [0.25, 0.3) is 5.56 Å². The fraction of sp³-hybridized carbons (Fsp3) is 0.304. The van der Waals surface area contributed by atoms with Crippen LogP contribution >= 0.6 is 11.8 Å². The van der Waals surface area contributed by atoms with Gasteiger partial charge in [-0.1, -0.05) is 23.4 Å². The summed E-state index contributed by atoms with van der Waals surface area (Å²) in [7, 11) is 0. The van der Waals surface area contributed by atoms with E-state index in [1.807, 2.05) is 0 Å². The number of carboxylic acids is 1. The van der Waals surface area contributed by atoms with Crippen molar-refractivity contribution in [3.63, 3.8) is 0 Å². The lowest BCUT2D eigenvalue weighted by Crippen LogP contribution is -2.44. The zero-order valence-corrected chi connectivity index (χ0v) is 21.1. The van der Waals surface area contributed by atoms with Crippen molar-refractivity contribution in [1.82, 2.24) is 25.6 Å². The van der Waals surface area contributed by atoms with Gasteiger partial charge >= 0.3 is 12.3 Å². The van der Waals surface area contributed by atoms with Crippen LogP contribution in [-0.4, -0.2) is 62.6 Å². The zero-order chi connectivity index (χ0) is 28.7. The maximum absolute atomic E-state index is 12.9. The number of benzene rings is 2. The highest BCUT2D eigenvalue weighted by Gasteiger charge is 2.31. The third kappa shape index (κ3) is 8.41. The molecule has 3 rings (SSSR count). The summed E-state index contributed by atoms with van der Waals surface area (Å²) in [6.07, 6.45) is -4.82. The molecule has 0 fully saturated rings. The van der Waals surface area contributed by atoms with Gasteiger partial charge in [0.1, 0.15) is 24.4 Å². The molecule has 0 saturated heterocycles. The van der Waals surface area contributed by atoms with Crippen LogP contribution in [0.3, 0.4) is 0 Å². The Kier molecular flexibility index (Phi) is 9.47. The van der Waals surface area contributed by atoms with E-state index in [0.29, 0.717) is 10.5 Å². The lowest BCUT2D eigenvalue weighted by Gasteiger charge is -2.16. The molecule has 2 aromatic carbocycles. The summed E-state index contributed by atoms with van der Waals surface area (Å²) in [6.45, 7) is 0.585. The van der Waals surface area contributed by atoms with Crippen LogP contribution in [-0.2, 0) is 20.9 Å². The molecule has 39 heavy (non-hydrogen) atoms. The molecule has 0 unspecified atom stereocenters. The largest absolute Gasteiger partial charge is 0.573 e. The lowest BCUT2D eigenvalue weighted by molar-refractivity contribution is -0.274. The fourth-order valence-corrected chi connectivity index (χ4v) is 4.28. The van der Waals surface area contributed by atoms with Gasteiger partial charge in [0.2, 0.25) is 11.8 Å². The molecule has 2 atom stereocenters. The average molecular weight is 569 g/mol. The highest BCUT2D eigenvalue weighted by atomic mass is 32.2. The Balaban J connectivity index is 1.65. The van der Waals surface area contributed by atoms with Gasteiger partial charge < -0.3 is 26.2 Å². The normalized spacial score (nSPS) is 12.9. The van der Waals surface area contributed by atoms with Gasteiger partial charge in [0.05, 0.1) is 17.5 Å². The number of nitrogens with one attached hydrogen (secondary N) is 2. The number of nitrogens with two attached hydrogens (primary N) is 1. The van der Waals surface area contributed by atoms with Crippen LogP contribution in [0.25, 0.3) is 10.9 Å². The highest BCUT2D eigenvalue weighted by molar-refractivity contribution is 7.99. The molecule has 16 heteroatoms. The van der Waals surface area contributed by atoms with Crippen LogP contribution in [0.2, 0.25) is 0 Å². The van der Waals surface area contributed by atoms with E-state index in [1.54, 1.807) is 19.1 Å². The van der Waals surface area contributed by atoms with Gasteiger partial charge in [-0.2, -0.15) is 0 Å². The van der Waals surface area contributed by atoms with E-state index in [2.05, 4.69) is 25.7 Å². The topological polar surface area (TPSA) is 179 Å². The van der Waals surface area contributed by atoms with E-state index in [9.17, 15) is 32.3 Å². The molecule has 0 bridgehead atoms. The molecule has 0 saturated carbocycles. The molecular weight excluding hydrogens is 545 g/mol. The van der Waals surface area contributed by atoms with Gasteiger partial charge in [-0.25, -0.2) is 4.68 Å². The van der Waals surface area contributed by atoms with Crippen LogP contribution in [0.1, 0.15) is 18.5 Å². The second kappa shape index (κ2) is 12.6. The van der Waals surface area contributed by atoms with Crippen LogP contribution in [0.4, 0.5) is 13.2 Å². The van der Waals surface area contributed by atoms with Crippen molar-refractivity contribution in [2.24, 2.45) is 5.73 Å². The number of nitrogens with zero attached hydrogens (tertiary/aromatic N) is 3. The number of carbonyl (C=O) groups is 3. The molecule has 5 N–H and O–H groups in total. The number of carboxylic acid groups (broad SMARTS) is 1. The molecule has 0 aliphatic rings. The standard InChI is InChI=1S/C23H23F3N6O6S/c1-12(13-5-7-14(8-6-13)38-23(24,25)26)29-18(33)10-32-22(37)15-3-2-4-17(20(15)30-31-32)39-11-16(27)21(36)28-9-19(34)35/h2-8,12,16H,9-11,27H2,1H3,(H,28,36)(H,29,33)(H,34,35)/t12-,16-/m0/s1. The second-order valence-corrected chi connectivity index (χ2v) is 9.20. The first-order valence-electron chi connectivity index (χ1n) is 11.2. The number of hydrogen-bond donors (Lipinski definition) is 4. The molecular formula is C23H23F3N6O6S. The Hall–Kier alpha value is -4.18. The maximum atomic E-state index is 12.9. The summed E-state index contributed by atoms with van der Waals surface area (Å²) in [4.78, 5) is 48.4. The van der Waals surface area contributed by atoms with Crippen molar-refractivity contribution in [2.45, 2.75) is 36.8 Å². The van der Waals surface area contributed by atoms with Gasteiger partial charge in [-0.15, -0.1) is 30.0 Å². The molecule has 2 amide bonds. The van der Waals surface area contributed by atoms with E-state index in [0.717, 1.165) is 28.6 Å². The van der Waals surface area contributed by atoms with Crippen LogP contribution in [0.15, 0.2) is 52.2 Å². The minimum Gasteiger partial charge on any atom is -0.480 e. The number of carbonyl (C=O) groups excluding carboxylic acids is 2. The summed E-state index contributed by atoms with van der Waals surface area (Å²) in [5.74, 6) is -2.77. The minimum absolute atomic E-state index is 0.0684. The SMILES string of the molecule is C[C@H](NC(=O)Cn1nnc2c(SC[C@H](N)C(=O)NCC(=O)O)cccc2c1=O)c1ccc(OC(F)(F)F)cc1. The molecule has 0 aliphatic carbocycles. The Morgan fingerprint density at radius 1 is 1.18 bits per heavy atom. The number of aliphatic carboxylic acids is 1. The number of rotatable bonds is 11. The van der Waals surface area contributed by atoms with Crippen LogP contribution in [0, 0.1) is 0 Å². The number of alkyl halides is 3. The van der Waals surface area contributed by atoms with Crippen LogP contribution in [0.5, 0.6) is 5.75 Å². The van der Waals surface area contributed by atoms with Gasteiger partial charge in [-0.05, 0) is 36.8 Å². The summed E-state index contributed by atoms with van der Waals surface area (Å²) in [6, 6.07) is 8.10. The van der Waals surface area contributed by atoms with Crippen molar-refractivity contribution in [1.29, 1.82) is 0 Å². The Bertz CT molecular complexity index is 1420. The molecule has 1 aromatic heterocycles. The first-order chi connectivity index (χ1) is 18.3. The second-order valence-electron chi connectivity index (χ2n) is 8.14. The maximum Gasteiger partial charge on any atom is 0.573 e. The van der Waals surface area contributed by atoms with Crippen molar-refractivity contribution in [2.75, 3.05) is 12.3 Å². The van der Waals surface area contributed by atoms with E-state index in [1.165, 1.54) is 18.2 Å². The molecule has 1 heterocycles. The van der Waals surface area contributed by atoms with E-state index in [-0.39, 0.29) is 16.7 Å². The third-order valence-electron chi connectivity index (χ3n) is 5.17. The van der Waals surface area contributed by atoms with Crippen molar-refractivity contribution >= 4 is 40.4 Å². The number of thioether (sulfide) groups is 1. The average Bonchev–Trinajstić information content (AvgIpc) is 2.86. The molecule has 0 spiro atoms. The van der Waals surface area contributed by atoms with Crippen molar-refractivity contribution in [3.05, 3.63) is 58.4 Å². The Morgan fingerprint density at radius 2 is 1.87 bits per heavy atom. The predicted octanol–water partition coefficient (Wildman–Crippen LogP) is 1.19. The molecule has 12 nitrogen and oxygen atoms in total. The smallest absolute Gasteiger partial charge is 0.480 e. The summed E-state index contributed by atoms with van der Waals surface area (Å²) >= 11 is 1.12.